The monoisotopic (exact) mass is 365 g/mol. The fraction of sp³-hybridized carbons (Fsp3) is 0.500. The minimum atomic E-state index is -0.801. The van der Waals surface area contributed by atoms with Gasteiger partial charge in [-0.15, -0.1) is 0 Å². The molecule has 8 heteroatoms. The summed E-state index contributed by atoms with van der Waals surface area (Å²) >= 11 is 0. The van der Waals surface area contributed by atoms with Crippen LogP contribution in [-0.2, 0) is 14.3 Å². The van der Waals surface area contributed by atoms with Gasteiger partial charge in [0, 0.05) is 11.4 Å². The van der Waals surface area contributed by atoms with Crippen molar-refractivity contribution in [2.75, 3.05) is 17.2 Å². The van der Waals surface area contributed by atoms with E-state index < -0.39 is 29.3 Å². The lowest BCUT2D eigenvalue weighted by Crippen LogP contribution is -2.39. The van der Waals surface area contributed by atoms with E-state index in [1.165, 1.54) is 0 Å². The molecule has 0 aliphatic carbocycles. The number of carbonyl (C=O) groups is 3. The molecule has 0 aromatic heterocycles. The van der Waals surface area contributed by atoms with E-state index in [0.717, 1.165) is 0 Å². The molecule has 0 aliphatic rings. The molecule has 0 aliphatic heterocycles. The van der Waals surface area contributed by atoms with E-state index in [-0.39, 0.29) is 6.54 Å². The summed E-state index contributed by atoms with van der Waals surface area (Å²) in [6.07, 6.45) is -1.37. The van der Waals surface area contributed by atoms with E-state index >= 15 is 0 Å². The van der Waals surface area contributed by atoms with Crippen LogP contribution in [-0.4, -0.2) is 35.8 Å². The van der Waals surface area contributed by atoms with Gasteiger partial charge < -0.3 is 14.8 Å². The van der Waals surface area contributed by atoms with Crippen molar-refractivity contribution in [2.45, 2.75) is 52.7 Å². The van der Waals surface area contributed by atoms with E-state index in [2.05, 4.69) is 16.0 Å². The van der Waals surface area contributed by atoms with E-state index in [1.54, 1.807) is 65.8 Å². The van der Waals surface area contributed by atoms with Gasteiger partial charge in [0.05, 0.1) is 6.54 Å². The van der Waals surface area contributed by atoms with E-state index in [4.69, 9.17) is 9.47 Å². The molecule has 1 aromatic carbocycles. The van der Waals surface area contributed by atoms with Crippen LogP contribution in [0.3, 0.4) is 0 Å². The van der Waals surface area contributed by atoms with Crippen molar-refractivity contribution in [1.82, 2.24) is 5.32 Å². The number of rotatable bonds is 4. The number of benzene rings is 1. The van der Waals surface area contributed by atoms with Crippen molar-refractivity contribution in [3.63, 3.8) is 0 Å². The molecular weight excluding hydrogens is 338 g/mol. The van der Waals surface area contributed by atoms with Gasteiger partial charge in [-0.3, -0.25) is 15.4 Å². The van der Waals surface area contributed by atoms with Crippen LogP contribution in [0.4, 0.5) is 21.0 Å². The molecule has 3 N–H and O–H groups in total. The maximum atomic E-state index is 11.8. The molecule has 0 saturated carbocycles. The number of hydrogen-bond acceptors (Lipinski definition) is 6. The number of alkyl carbamates (subject to hydrolysis) is 1. The molecule has 0 spiro atoms. The van der Waals surface area contributed by atoms with Gasteiger partial charge in [0.1, 0.15) is 11.2 Å². The van der Waals surface area contributed by atoms with Crippen LogP contribution >= 0.6 is 0 Å². The smallest absolute Gasteiger partial charge is 0.414 e. The summed E-state index contributed by atoms with van der Waals surface area (Å²) in [5.41, 5.74) is -0.172. The van der Waals surface area contributed by atoms with Gasteiger partial charge in [-0.25, -0.2) is 9.59 Å². The minimum absolute atomic E-state index is 0.130. The Balaban J connectivity index is 2.52. The summed E-state index contributed by atoms with van der Waals surface area (Å²) in [5, 5.41) is 7.60. The number of imide groups is 1. The second kappa shape index (κ2) is 8.55. The maximum absolute atomic E-state index is 11.8. The molecule has 0 heterocycles. The van der Waals surface area contributed by atoms with Gasteiger partial charge >= 0.3 is 12.2 Å². The van der Waals surface area contributed by atoms with Crippen molar-refractivity contribution in [3.05, 3.63) is 24.3 Å². The highest BCUT2D eigenvalue weighted by Crippen LogP contribution is 2.16. The third-order valence-electron chi connectivity index (χ3n) is 2.60. The average molecular weight is 365 g/mol. The number of carbonyl (C=O) groups excluding carboxylic acids is 3. The van der Waals surface area contributed by atoms with Crippen molar-refractivity contribution >= 4 is 29.5 Å². The maximum Gasteiger partial charge on any atom is 0.414 e. The molecular formula is C18H27N3O5. The lowest BCUT2D eigenvalue weighted by molar-refractivity contribution is -0.119. The lowest BCUT2D eigenvalue weighted by Gasteiger charge is -2.20. The predicted molar refractivity (Wildman–Crippen MR) is 99.2 cm³/mol. The number of amides is 3. The summed E-state index contributed by atoms with van der Waals surface area (Å²) in [5.74, 6) is -0.537. The highest BCUT2D eigenvalue weighted by molar-refractivity contribution is 5.94. The number of nitrogens with one attached hydrogen (secondary N) is 3. The Bertz CT molecular complexity index is 660. The predicted octanol–water partition coefficient (Wildman–Crippen LogP) is 3.50. The Morgan fingerprint density at radius 3 is 2.00 bits per heavy atom. The third-order valence-corrected chi connectivity index (χ3v) is 2.60. The lowest BCUT2D eigenvalue weighted by atomic mass is 10.2. The topological polar surface area (TPSA) is 106 Å². The third kappa shape index (κ3) is 9.51. The van der Waals surface area contributed by atoms with Crippen LogP contribution in [0.1, 0.15) is 41.5 Å². The van der Waals surface area contributed by atoms with Crippen molar-refractivity contribution < 1.29 is 23.9 Å². The molecule has 0 unspecified atom stereocenters. The molecule has 0 bridgehead atoms. The van der Waals surface area contributed by atoms with E-state index in [0.29, 0.717) is 11.4 Å². The summed E-state index contributed by atoms with van der Waals surface area (Å²) in [6.45, 7) is 10.3. The van der Waals surface area contributed by atoms with Gasteiger partial charge in [0.25, 0.3) is 0 Å². The summed E-state index contributed by atoms with van der Waals surface area (Å²) in [6, 6.07) is 6.77. The van der Waals surface area contributed by atoms with Crippen molar-refractivity contribution in [3.8, 4) is 0 Å². The largest absolute Gasteiger partial charge is 0.444 e. The van der Waals surface area contributed by atoms with Gasteiger partial charge in [-0.1, -0.05) is 6.07 Å². The molecule has 3 amide bonds. The summed E-state index contributed by atoms with van der Waals surface area (Å²) in [4.78, 5) is 35.1. The Hall–Kier alpha value is -2.77. The zero-order valence-corrected chi connectivity index (χ0v) is 16.1. The highest BCUT2D eigenvalue weighted by atomic mass is 16.6. The number of hydrogen-bond donors (Lipinski definition) is 3. The quantitative estimate of drug-likeness (QED) is 0.754. The van der Waals surface area contributed by atoms with Crippen molar-refractivity contribution in [1.29, 1.82) is 0 Å². The standard InChI is InChI=1S/C18H27N3O5/c1-17(2,3)25-15(23)20-13-9-7-8-12(10-13)19-11-14(22)21-16(24)26-18(4,5)6/h7-10,19H,11H2,1-6H3,(H,20,23)(H,21,22,24). The van der Waals surface area contributed by atoms with Gasteiger partial charge in [0.15, 0.2) is 0 Å². The van der Waals surface area contributed by atoms with E-state index in [1.807, 2.05) is 0 Å². The fourth-order valence-electron chi connectivity index (χ4n) is 1.77. The van der Waals surface area contributed by atoms with Crippen LogP contribution in [0, 0.1) is 0 Å². The molecule has 1 aromatic rings. The Kier molecular flexibility index (Phi) is 7.00. The van der Waals surface area contributed by atoms with Gasteiger partial charge in [-0.05, 0) is 59.7 Å². The molecule has 26 heavy (non-hydrogen) atoms. The van der Waals surface area contributed by atoms with Gasteiger partial charge in [-0.2, -0.15) is 0 Å². The second-order valence-corrected chi connectivity index (χ2v) is 7.61. The Morgan fingerprint density at radius 1 is 0.885 bits per heavy atom. The SMILES string of the molecule is CC(C)(C)OC(=O)NC(=O)CNc1cccc(NC(=O)OC(C)(C)C)c1. The average Bonchev–Trinajstić information content (AvgIpc) is 2.41. The zero-order valence-electron chi connectivity index (χ0n) is 16.1. The first kappa shape index (κ1) is 21.3. The first-order valence-corrected chi connectivity index (χ1v) is 8.21. The summed E-state index contributed by atoms with van der Waals surface area (Å²) in [7, 11) is 0. The second-order valence-electron chi connectivity index (χ2n) is 7.61. The molecule has 0 saturated heterocycles. The molecule has 0 radical (unpaired) electrons. The van der Waals surface area contributed by atoms with Crippen LogP contribution in [0.5, 0.6) is 0 Å². The van der Waals surface area contributed by atoms with Crippen LogP contribution in [0.15, 0.2) is 24.3 Å². The Morgan fingerprint density at radius 2 is 1.42 bits per heavy atom. The first-order chi connectivity index (χ1) is 11.8. The van der Waals surface area contributed by atoms with Gasteiger partial charge in [0.2, 0.25) is 5.91 Å². The molecule has 144 valence electrons. The van der Waals surface area contributed by atoms with E-state index in [9.17, 15) is 14.4 Å². The van der Waals surface area contributed by atoms with Crippen LogP contribution in [0.25, 0.3) is 0 Å². The summed E-state index contributed by atoms with van der Waals surface area (Å²) < 4.78 is 10.2. The zero-order chi connectivity index (χ0) is 20.0. The molecule has 1 rings (SSSR count). The minimum Gasteiger partial charge on any atom is -0.444 e. The van der Waals surface area contributed by atoms with Crippen LogP contribution in [0.2, 0.25) is 0 Å². The highest BCUT2D eigenvalue weighted by Gasteiger charge is 2.18. The normalized spacial score (nSPS) is 11.3. The molecule has 0 atom stereocenters. The van der Waals surface area contributed by atoms with Crippen molar-refractivity contribution in [2.24, 2.45) is 0 Å². The Labute approximate surface area is 153 Å². The number of ether oxygens (including phenoxy) is 2. The first-order valence-electron chi connectivity index (χ1n) is 8.21. The molecule has 0 fully saturated rings. The molecule has 8 nitrogen and oxygen atoms in total. The van der Waals surface area contributed by atoms with Crippen LogP contribution < -0.4 is 16.0 Å². The fourth-order valence-corrected chi connectivity index (χ4v) is 1.77. The number of anilines is 2.